The van der Waals surface area contributed by atoms with E-state index in [2.05, 4.69) is 15.9 Å². The number of hydrogen-bond acceptors (Lipinski definition) is 4. The number of pyridine rings is 1. The van der Waals surface area contributed by atoms with Crippen LogP contribution in [-0.2, 0) is 6.42 Å². The van der Waals surface area contributed by atoms with Gasteiger partial charge in [-0.15, -0.1) is 0 Å². The second-order valence-corrected chi connectivity index (χ2v) is 10.2. The monoisotopic (exact) mass is 544 g/mol. The Balaban J connectivity index is 1.67. The first kappa shape index (κ1) is 24.4. The molecule has 2 heterocycles. The summed E-state index contributed by atoms with van der Waals surface area (Å²) >= 11 is 3.46. The van der Waals surface area contributed by atoms with E-state index < -0.39 is 0 Å². The number of halogens is 1. The van der Waals surface area contributed by atoms with Crippen LogP contribution < -0.4 is 11.3 Å². The van der Waals surface area contributed by atoms with Crippen LogP contribution in [0.3, 0.4) is 0 Å². The minimum Gasteiger partial charge on any atom is -0.330 e. The summed E-state index contributed by atoms with van der Waals surface area (Å²) in [6.07, 6.45) is 4.89. The lowest BCUT2D eigenvalue weighted by Crippen LogP contribution is -2.40. The number of nitrogens with two attached hydrogens (primary N) is 1. The van der Waals surface area contributed by atoms with Crippen LogP contribution in [0.2, 0.25) is 0 Å². The van der Waals surface area contributed by atoms with E-state index in [1.165, 1.54) is 0 Å². The molecule has 1 fully saturated rings. The molecule has 7 heteroatoms. The van der Waals surface area contributed by atoms with Crippen LogP contribution >= 0.6 is 15.9 Å². The lowest BCUT2D eigenvalue weighted by atomic mass is 9.96. The molecule has 1 saturated carbocycles. The third-order valence-corrected chi connectivity index (χ3v) is 7.25. The molecule has 0 aliphatic heterocycles. The summed E-state index contributed by atoms with van der Waals surface area (Å²) in [4.78, 5) is 34.6. The van der Waals surface area contributed by atoms with E-state index in [1.807, 2.05) is 77.7 Å². The summed E-state index contributed by atoms with van der Waals surface area (Å²) in [5, 5.41) is 0. The van der Waals surface area contributed by atoms with Crippen LogP contribution in [0, 0.1) is 5.92 Å². The molecule has 2 N–H and O–H groups in total. The van der Waals surface area contributed by atoms with Crippen LogP contribution in [-0.4, -0.2) is 33.3 Å². The molecular weight excluding hydrogens is 516 g/mol. The van der Waals surface area contributed by atoms with Gasteiger partial charge in [0.1, 0.15) is 5.65 Å². The molecule has 1 aliphatic rings. The highest BCUT2D eigenvalue weighted by molar-refractivity contribution is 9.10. The molecule has 0 spiro atoms. The fourth-order valence-electron chi connectivity index (χ4n) is 4.78. The van der Waals surface area contributed by atoms with E-state index in [9.17, 15) is 9.59 Å². The number of nitrogens with zero attached hydrogens (tertiary/aromatic N) is 3. The van der Waals surface area contributed by atoms with E-state index >= 15 is 0 Å². The van der Waals surface area contributed by atoms with Crippen molar-refractivity contribution in [2.45, 2.75) is 31.7 Å². The predicted octanol–water partition coefficient (Wildman–Crippen LogP) is 4.99. The van der Waals surface area contributed by atoms with Crippen molar-refractivity contribution in [1.29, 1.82) is 0 Å². The van der Waals surface area contributed by atoms with E-state index in [-0.39, 0.29) is 23.4 Å². The number of rotatable bonds is 9. The lowest BCUT2D eigenvalue weighted by molar-refractivity contribution is 0.0644. The maximum absolute atomic E-state index is 13.9. The normalized spacial score (nSPS) is 14.1. The molecule has 36 heavy (non-hydrogen) atoms. The highest BCUT2D eigenvalue weighted by Gasteiger charge is 2.41. The molecule has 1 amide bonds. The fraction of sp³-hybridized carbons (Fsp3) is 0.276. The molecule has 1 aliphatic carbocycles. The number of benzene rings is 2. The van der Waals surface area contributed by atoms with Gasteiger partial charge in [0.25, 0.3) is 11.5 Å². The molecule has 2 aromatic carbocycles. The summed E-state index contributed by atoms with van der Waals surface area (Å²) < 4.78 is 2.52. The van der Waals surface area contributed by atoms with Crippen LogP contribution in [0.1, 0.15) is 52.5 Å². The highest BCUT2D eigenvalue weighted by Crippen LogP contribution is 2.45. The fourth-order valence-corrected chi connectivity index (χ4v) is 5.04. The van der Waals surface area contributed by atoms with E-state index in [0.717, 1.165) is 22.9 Å². The van der Waals surface area contributed by atoms with Crippen molar-refractivity contribution in [3.8, 4) is 0 Å². The van der Waals surface area contributed by atoms with E-state index in [0.29, 0.717) is 48.4 Å². The van der Waals surface area contributed by atoms with Gasteiger partial charge in [-0.2, -0.15) is 0 Å². The van der Waals surface area contributed by atoms with Gasteiger partial charge in [-0.05, 0) is 73.7 Å². The third kappa shape index (κ3) is 5.13. The molecule has 0 saturated heterocycles. The Labute approximate surface area is 218 Å². The van der Waals surface area contributed by atoms with Crippen molar-refractivity contribution in [1.82, 2.24) is 14.3 Å². The number of fused-ring (bicyclic) bond motifs is 1. The Hall–Kier alpha value is -3.29. The average Bonchev–Trinajstić information content (AvgIpc) is 3.74. The SMILES string of the molecule is NCCCN(C(=O)c1ccc(Br)cc1)C(c1nc2ccccn2c(=O)c1Cc1ccccc1)C1CC1. The van der Waals surface area contributed by atoms with Crippen molar-refractivity contribution < 1.29 is 4.79 Å². The summed E-state index contributed by atoms with van der Waals surface area (Å²) in [5.74, 6) is 0.198. The van der Waals surface area contributed by atoms with Gasteiger partial charge in [0.2, 0.25) is 0 Å². The van der Waals surface area contributed by atoms with Crippen molar-refractivity contribution in [2.24, 2.45) is 11.7 Å². The maximum atomic E-state index is 13.9. The smallest absolute Gasteiger partial charge is 0.261 e. The summed E-state index contributed by atoms with van der Waals surface area (Å²) in [7, 11) is 0. The zero-order chi connectivity index (χ0) is 25.1. The van der Waals surface area contributed by atoms with Crippen LogP contribution in [0.4, 0.5) is 0 Å². The van der Waals surface area contributed by atoms with Gasteiger partial charge in [0.15, 0.2) is 0 Å². The largest absolute Gasteiger partial charge is 0.330 e. The van der Waals surface area contributed by atoms with Crippen LogP contribution in [0.15, 0.2) is 88.3 Å². The molecular formula is C29H29BrN4O2. The Morgan fingerprint density at radius 3 is 2.47 bits per heavy atom. The topological polar surface area (TPSA) is 80.7 Å². The van der Waals surface area contributed by atoms with E-state index in [4.69, 9.17) is 10.7 Å². The molecule has 5 rings (SSSR count). The van der Waals surface area contributed by atoms with Gasteiger partial charge in [0, 0.05) is 34.8 Å². The van der Waals surface area contributed by atoms with Gasteiger partial charge >= 0.3 is 0 Å². The molecule has 1 atom stereocenters. The standard InChI is InChI=1S/C29H29BrN4O2/c30-23-14-12-22(13-15-23)28(35)34(18-6-16-31)27(21-10-11-21)26-24(19-20-7-2-1-3-8-20)29(36)33-17-5-4-9-25(33)32-26/h1-5,7-9,12-15,17,21,27H,6,10-11,16,18-19,31H2. The van der Waals surface area contributed by atoms with Gasteiger partial charge < -0.3 is 10.6 Å². The molecule has 6 nitrogen and oxygen atoms in total. The average molecular weight is 545 g/mol. The molecule has 0 radical (unpaired) electrons. The molecule has 1 unspecified atom stereocenters. The van der Waals surface area contributed by atoms with Crippen molar-refractivity contribution in [2.75, 3.05) is 13.1 Å². The quantitative estimate of drug-likeness (QED) is 0.322. The van der Waals surface area contributed by atoms with Crippen molar-refractivity contribution >= 4 is 27.5 Å². The number of carbonyl (C=O) groups is 1. The number of hydrogen-bond donors (Lipinski definition) is 1. The molecule has 4 aromatic rings. The highest BCUT2D eigenvalue weighted by atomic mass is 79.9. The van der Waals surface area contributed by atoms with Gasteiger partial charge in [-0.25, -0.2) is 4.98 Å². The Morgan fingerprint density at radius 1 is 1.06 bits per heavy atom. The predicted molar refractivity (Wildman–Crippen MR) is 145 cm³/mol. The molecule has 184 valence electrons. The number of amides is 1. The first-order chi connectivity index (χ1) is 17.6. The third-order valence-electron chi connectivity index (χ3n) is 6.72. The number of aromatic nitrogens is 2. The second kappa shape index (κ2) is 10.8. The summed E-state index contributed by atoms with van der Waals surface area (Å²) in [6, 6.07) is 22.7. The Bertz CT molecular complexity index is 1420. The number of carbonyl (C=O) groups excluding carboxylic acids is 1. The lowest BCUT2D eigenvalue weighted by Gasteiger charge is -2.33. The van der Waals surface area contributed by atoms with Crippen molar-refractivity contribution in [3.05, 3.63) is 116 Å². The van der Waals surface area contributed by atoms with Gasteiger partial charge in [-0.1, -0.05) is 52.3 Å². The van der Waals surface area contributed by atoms with E-state index in [1.54, 1.807) is 10.6 Å². The van der Waals surface area contributed by atoms with Crippen molar-refractivity contribution in [3.63, 3.8) is 0 Å². The van der Waals surface area contributed by atoms with Gasteiger partial charge in [0.05, 0.1) is 11.7 Å². The summed E-state index contributed by atoms with van der Waals surface area (Å²) in [5.41, 5.74) is 9.39. The molecule has 2 aromatic heterocycles. The Kier molecular flexibility index (Phi) is 7.30. The summed E-state index contributed by atoms with van der Waals surface area (Å²) in [6.45, 7) is 0.985. The molecule has 0 bridgehead atoms. The first-order valence-electron chi connectivity index (χ1n) is 12.4. The zero-order valence-corrected chi connectivity index (χ0v) is 21.6. The minimum absolute atomic E-state index is 0.0615. The first-order valence-corrected chi connectivity index (χ1v) is 13.2. The van der Waals surface area contributed by atoms with Crippen LogP contribution in [0.5, 0.6) is 0 Å². The maximum Gasteiger partial charge on any atom is 0.261 e. The zero-order valence-electron chi connectivity index (χ0n) is 20.0. The van der Waals surface area contributed by atoms with Crippen LogP contribution in [0.25, 0.3) is 5.65 Å². The second-order valence-electron chi connectivity index (χ2n) is 9.30. The Morgan fingerprint density at radius 2 is 1.78 bits per heavy atom. The van der Waals surface area contributed by atoms with Gasteiger partial charge in [-0.3, -0.25) is 14.0 Å². The minimum atomic E-state index is -0.288.